The van der Waals surface area contributed by atoms with E-state index in [9.17, 15) is 0 Å². The molecule has 0 unspecified atom stereocenters. The molecular weight excluding hydrogens is 779 g/mol. The Morgan fingerprint density at radius 2 is 0.719 bits per heavy atom. The summed E-state index contributed by atoms with van der Waals surface area (Å²) in [6.45, 7) is 0. The fourth-order valence-corrected chi connectivity index (χ4v) is 16.1. The Morgan fingerprint density at radius 3 is 1.16 bits per heavy atom. The van der Waals surface area contributed by atoms with Gasteiger partial charge in [0.2, 0.25) is 0 Å². The number of fused-ring (bicyclic) bond motifs is 6. The summed E-state index contributed by atoms with van der Waals surface area (Å²) in [5.74, 6) is 8.11. The molecule has 64 heavy (non-hydrogen) atoms. The van der Waals surface area contributed by atoms with Crippen molar-refractivity contribution >= 4 is 43.6 Å². The van der Waals surface area contributed by atoms with Gasteiger partial charge in [0.25, 0.3) is 0 Å². The van der Waals surface area contributed by atoms with Gasteiger partial charge in [0.05, 0.1) is 33.4 Å². The van der Waals surface area contributed by atoms with E-state index in [0.717, 1.165) is 64.2 Å². The maximum Gasteiger partial charge on any atom is 0.163 e. The summed E-state index contributed by atoms with van der Waals surface area (Å²) in [4.78, 5) is 17.3. The van der Waals surface area contributed by atoms with Gasteiger partial charge in [0.15, 0.2) is 5.82 Å². The molecule has 8 aliphatic rings. The number of hydrogen-bond donors (Lipinski definition) is 0. The molecule has 8 bridgehead atoms. The Kier molecular flexibility index (Phi) is 7.51. The van der Waals surface area contributed by atoms with Gasteiger partial charge in [-0.1, -0.05) is 103 Å². The second kappa shape index (κ2) is 13.3. The highest BCUT2D eigenvalue weighted by atomic mass is 15.1. The lowest BCUT2D eigenvalue weighted by Crippen LogP contribution is -2.51. The molecule has 0 N–H and O–H groups in total. The topological polar surface area (TPSA) is 48.5 Å². The van der Waals surface area contributed by atoms with Gasteiger partial charge < -0.3 is 9.13 Å². The predicted octanol–water partition coefficient (Wildman–Crippen LogP) is 14.3. The first-order chi connectivity index (χ1) is 31.5. The molecule has 0 spiro atoms. The molecule has 3 aromatic heterocycles. The zero-order valence-electron chi connectivity index (χ0n) is 36.5. The van der Waals surface area contributed by atoms with E-state index < -0.39 is 0 Å². The molecule has 0 atom stereocenters. The molecule has 8 fully saturated rings. The minimum Gasteiger partial charge on any atom is -0.309 e. The quantitative estimate of drug-likeness (QED) is 0.168. The molecule has 0 aliphatic heterocycles. The monoisotopic (exact) mass is 831 g/mol. The molecule has 314 valence electrons. The summed E-state index contributed by atoms with van der Waals surface area (Å²) < 4.78 is 5.00. The van der Waals surface area contributed by atoms with Crippen LogP contribution < -0.4 is 0 Å². The standard InChI is InChI=1S/C59H53N5/c1-6-16-49-43(11-1)44-12-2-7-17-50(44)63(49)51-18-8-5-15-47(51)48-22-21-42(29-54(48)64-52-19-9-3-13-45(52)46-14-4-10-20-53(46)64)55-60-56(58-30-36-23-37(31-58)25-38(24-36)32-58)62-57(61-55)59-33-39-26-40(34-59)28-41(27-39)35-59/h1-22,29,36-41H,23-28,30-35H2. The summed E-state index contributed by atoms with van der Waals surface area (Å²) in [6.07, 6.45) is 16.0. The van der Waals surface area contributed by atoms with E-state index >= 15 is 0 Å². The second-order valence-electron chi connectivity index (χ2n) is 21.7. The minimum absolute atomic E-state index is 0.0837. The zero-order chi connectivity index (χ0) is 41.7. The summed E-state index contributed by atoms with van der Waals surface area (Å²) in [5, 5.41) is 5.06. The first kappa shape index (κ1) is 36.3. The number of hydrogen-bond acceptors (Lipinski definition) is 3. The van der Waals surface area contributed by atoms with Crippen molar-refractivity contribution in [3.63, 3.8) is 0 Å². The van der Waals surface area contributed by atoms with Crippen LogP contribution in [0.2, 0.25) is 0 Å². The van der Waals surface area contributed by atoms with Crippen molar-refractivity contribution < 1.29 is 0 Å². The Bertz CT molecular complexity index is 3140. The largest absolute Gasteiger partial charge is 0.309 e. The number of nitrogens with zero attached hydrogens (tertiary/aromatic N) is 5. The SMILES string of the molecule is c1ccc(-n2c3ccccc3c3ccccc32)c(-c2ccc(-c3nc(C45CC6CC(CC(C6)C4)C5)nc(C45CC6CC(CC(C6)C4)C5)n3)cc2-n2c3ccccc3c3ccccc32)c1. The lowest BCUT2D eigenvalue weighted by atomic mass is 9.49. The highest BCUT2D eigenvalue weighted by Gasteiger charge is 2.56. The van der Waals surface area contributed by atoms with Gasteiger partial charge in [-0.25, -0.2) is 15.0 Å². The van der Waals surface area contributed by atoms with Crippen molar-refractivity contribution in [3.05, 3.63) is 151 Å². The molecule has 8 aliphatic carbocycles. The normalized spacial score (nSPS) is 28.9. The van der Waals surface area contributed by atoms with Gasteiger partial charge in [0.1, 0.15) is 11.6 Å². The summed E-state index contributed by atoms with van der Waals surface area (Å²) >= 11 is 0. The molecule has 0 amide bonds. The van der Waals surface area contributed by atoms with Crippen LogP contribution in [0.3, 0.4) is 0 Å². The van der Waals surface area contributed by atoms with Crippen LogP contribution >= 0.6 is 0 Å². The van der Waals surface area contributed by atoms with Crippen molar-refractivity contribution in [2.75, 3.05) is 0 Å². The number of rotatable bonds is 6. The molecule has 9 aromatic rings. The fourth-order valence-electron chi connectivity index (χ4n) is 16.1. The average Bonchev–Trinajstić information content (AvgIpc) is 3.83. The number of benzene rings is 6. The molecule has 17 rings (SSSR count). The van der Waals surface area contributed by atoms with Crippen molar-refractivity contribution in [2.45, 2.75) is 87.9 Å². The molecule has 5 heteroatoms. The molecule has 0 radical (unpaired) electrons. The number of aromatic nitrogens is 5. The van der Waals surface area contributed by atoms with Gasteiger partial charge in [-0.3, -0.25) is 0 Å². The summed E-state index contributed by atoms with van der Waals surface area (Å²) in [5.41, 5.74) is 10.8. The first-order valence-electron chi connectivity index (χ1n) is 24.5. The van der Waals surface area contributed by atoms with E-state index in [-0.39, 0.29) is 10.8 Å². The predicted molar refractivity (Wildman–Crippen MR) is 259 cm³/mol. The van der Waals surface area contributed by atoms with Gasteiger partial charge in [-0.05, 0) is 149 Å². The van der Waals surface area contributed by atoms with Crippen LogP contribution in [0.4, 0.5) is 0 Å². The number of para-hydroxylation sites is 5. The zero-order valence-corrected chi connectivity index (χ0v) is 36.5. The van der Waals surface area contributed by atoms with E-state index in [0.29, 0.717) is 0 Å². The van der Waals surface area contributed by atoms with Gasteiger partial charge >= 0.3 is 0 Å². The third-order valence-electron chi connectivity index (χ3n) is 17.8. The van der Waals surface area contributed by atoms with E-state index in [4.69, 9.17) is 15.0 Å². The van der Waals surface area contributed by atoms with E-state index in [2.05, 4.69) is 149 Å². The van der Waals surface area contributed by atoms with Crippen molar-refractivity contribution in [1.82, 2.24) is 24.1 Å². The van der Waals surface area contributed by atoms with Crippen LogP contribution in [0, 0.1) is 35.5 Å². The van der Waals surface area contributed by atoms with Gasteiger partial charge in [-0.2, -0.15) is 0 Å². The molecule has 3 heterocycles. The van der Waals surface area contributed by atoms with Crippen LogP contribution in [0.5, 0.6) is 0 Å². The van der Waals surface area contributed by atoms with Crippen LogP contribution in [-0.4, -0.2) is 24.1 Å². The third-order valence-corrected chi connectivity index (χ3v) is 17.8. The average molecular weight is 832 g/mol. The summed E-state index contributed by atoms with van der Waals surface area (Å²) in [7, 11) is 0. The lowest BCUT2D eigenvalue weighted by Gasteiger charge is -2.57. The lowest BCUT2D eigenvalue weighted by molar-refractivity contribution is -0.0155. The van der Waals surface area contributed by atoms with Gasteiger partial charge in [0, 0.05) is 49.1 Å². The van der Waals surface area contributed by atoms with Crippen LogP contribution in [0.1, 0.15) is 88.7 Å². The van der Waals surface area contributed by atoms with E-state index in [1.54, 1.807) is 0 Å². The highest BCUT2D eigenvalue weighted by Crippen LogP contribution is 2.62. The molecule has 8 saturated carbocycles. The molecule has 6 aromatic carbocycles. The Balaban J connectivity index is 0.987. The van der Waals surface area contributed by atoms with E-state index in [1.807, 2.05) is 0 Å². The van der Waals surface area contributed by atoms with Crippen LogP contribution in [-0.2, 0) is 10.8 Å². The van der Waals surface area contributed by atoms with Crippen LogP contribution in [0.15, 0.2) is 140 Å². The summed E-state index contributed by atoms with van der Waals surface area (Å²) in [6, 6.07) is 51.8. The molecule has 0 saturated heterocycles. The first-order valence-corrected chi connectivity index (χ1v) is 24.5. The minimum atomic E-state index is 0.0837. The Morgan fingerprint density at radius 1 is 0.359 bits per heavy atom. The molecule has 5 nitrogen and oxygen atoms in total. The maximum atomic E-state index is 5.82. The van der Waals surface area contributed by atoms with E-state index in [1.165, 1.54) is 137 Å². The highest BCUT2D eigenvalue weighted by molar-refractivity contribution is 6.11. The van der Waals surface area contributed by atoms with Crippen molar-refractivity contribution in [1.29, 1.82) is 0 Å². The van der Waals surface area contributed by atoms with Crippen LogP contribution in [0.25, 0.3) is 77.5 Å². The maximum absolute atomic E-state index is 5.82. The third kappa shape index (κ3) is 5.21. The van der Waals surface area contributed by atoms with Crippen molar-refractivity contribution in [2.24, 2.45) is 35.5 Å². The van der Waals surface area contributed by atoms with Gasteiger partial charge in [-0.15, -0.1) is 0 Å². The smallest absolute Gasteiger partial charge is 0.163 e. The van der Waals surface area contributed by atoms with Crippen molar-refractivity contribution in [3.8, 4) is 33.9 Å². The Hall–Kier alpha value is -6.07. The molecular formula is C59H53N5. The second-order valence-corrected chi connectivity index (χ2v) is 21.7. The fraction of sp³-hybridized carbons (Fsp3) is 0.339. The Labute approximate surface area is 374 Å².